The minimum atomic E-state index is -4.20. The van der Waals surface area contributed by atoms with Gasteiger partial charge >= 0.3 is 0 Å². The fraction of sp³-hybridized carbons (Fsp3) is 0.600. The molecule has 0 unspecified atom stereocenters. The highest BCUT2D eigenvalue weighted by molar-refractivity contribution is 7.92. The van der Waals surface area contributed by atoms with Crippen molar-refractivity contribution in [3.05, 3.63) is 17.9 Å². The largest absolute Gasteiger partial charge is 0.493 e. The third-order valence-corrected chi connectivity index (χ3v) is 8.24. The number of sulfone groups is 1. The van der Waals surface area contributed by atoms with E-state index in [4.69, 9.17) is 9.47 Å². The number of nitrogens with zero attached hydrogens (tertiary/aromatic N) is 1. The van der Waals surface area contributed by atoms with E-state index in [9.17, 15) is 21.2 Å². The van der Waals surface area contributed by atoms with Gasteiger partial charge in [0.15, 0.2) is 21.3 Å². The molecule has 1 aromatic rings. The summed E-state index contributed by atoms with van der Waals surface area (Å²) in [6.07, 6.45) is 1.52. The Morgan fingerprint density at radius 1 is 1.08 bits per heavy atom. The second kappa shape index (κ2) is 6.40. The van der Waals surface area contributed by atoms with E-state index < -0.39 is 36.6 Å². The van der Waals surface area contributed by atoms with E-state index in [1.165, 1.54) is 18.5 Å². The van der Waals surface area contributed by atoms with Gasteiger partial charge in [-0.1, -0.05) is 0 Å². The normalized spacial score (nSPS) is 23.0. The molecule has 1 aliphatic heterocycles. The second-order valence-corrected chi connectivity index (χ2v) is 10.3. The van der Waals surface area contributed by atoms with E-state index in [0.717, 1.165) is 12.1 Å². The first-order chi connectivity index (χ1) is 11.7. The molecule has 2 aliphatic rings. The molecule has 0 bridgehead atoms. The van der Waals surface area contributed by atoms with Gasteiger partial charge in [0.05, 0.1) is 25.7 Å². The van der Waals surface area contributed by atoms with Crippen LogP contribution < -0.4 is 9.47 Å². The molecule has 3 rings (SSSR count). The summed E-state index contributed by atoms with van der Waals surface area (Å²) < 4.78 is 75.4. The molecule has 0 radical (unpaired) electrons. The Morgan fingerprint density at radius 3 is 2.16 bits per heavy atom. The predicted molar refractivity (Wildman–Crippen MR) is 88.6 cm³/mol. The Balaban J connectivity index is 2.05. The fourth-order valence-electron chi connectivity index (χ4n) is 3.14. The number of hydrogen-bond acceptors (Lipinski definition) is 6. The van der Waals surface area contributed by atoms with Crippen LogP contribution >= 0.6 is 0 Å². The van der Waals surface area contributed by atoms with Gasteiger partial charge in [0.25, 0.3) is 0 Å². The Morgan fingerprint density at radius 2 is 1.68 bits per heavy atom. The number of sulfonamides is 1. The highest BCUT2D eigenvalue weighted by Gasteiger charge is 2.47. The molecule has 1 atom stereocenters. The van der Waals surface area contributed by atoms with Crippen molar-refractivity contribution in [3.63, 3.8) is 0 Å². The van der Waals surface area contributed by atoms with E-state index in [-0.39, 0.29) is 35.5 Å². The first-order valence-corrected chi connectivity index (χ1v) is 11.1. The SMILES string of the molecule is COc1cc(F)c(S(=O)(=O)N(C2CC2)[C@@H]2CCS(=O)(=O)C2)cc1OC. The Bertz CT molecular complexity index is 880. The molecule has 0 spiro atoms. The monoisotopic (exact) mass is 393 g/mol. The second-order valence-electron chi connectivity index (χ2n) is 6.26. The number of hydrogen-bond donors (Lipinski definition) is 0. The van der Waals surface area contributed by atoms with Crippen LogP contribution in [0.25, 0.3) is 0 Å². The van der Waals surface area contributed by atoms with Crippen molar-refractivity contribution in [2.24, 2.45) is 0 Å². The maximum absolute atomic E-state index is 14.5. The van der Waals surface area contributed by atoms with Gasteiger partial charge < -0.3 is 9.47 Å². The molecule has 10 heteroatoms. The van der Waals surface area contributed by atoms with Crippen molar-refractivity contribution in [2.45, 2.75) is 36.2 Å². The average molecular weight is 393 g/mol. The summed E-state index contributed by atoms with van der Waals surface area (Å²) >= 11 is 0. The summed E-state index contributed by atoms with van der Waals surface area (Å²) in [5.41, 5.74) is 0. The topological polar surface area (TPSA) is 90.0 Å². The number of rotatable bonds is 6. The Hall–Kier alpha value is -1.39. The minimum absolute atomic E-state index is 0.0508. The van der Waals surface area contributed by atoms with Crippen molar-refractivity contribution in [1.82, 2.24) is 4.31 Å². The Labute approximate surface area is 146 Å². The van der Waals surface area contributed by atoms with E-state index in [0.29, 0.717) is 12.8 Å². The maximum atomic E-state index is 14.5. The van der Waals surface area contributed by atoms with Crippen LogP contribution in [0.5, 0.6) is 11.5 Å². The van der Waals surface area contributed by atoms with Crippen LogP contribution in [0.1, 0.15) is 19.3 Å². The highest BCUT2D eigenvalue weighted by atomic mass is 32.2. The summed E-state index contributed by atoms with van der Waals surface area (Å²) in [6.45, 7) is 0. The lowest BCUT2D eigenvalue weighted by Crippen LogP contribution is -2.43. The van der Waals surface area contributed by atoms with Gasteiger partial charge in [-0.2, -0.15) is 4.31 Å². The molecule has 1 saturated carbocycles. The van der Waals surface area contributed by atoms with Crippen LogP contribution in [-0.2, 0) is 19.9 Å². The zero-order chi connectivity index (χ0) is 18.4. The van der Waals surface area contributed by atoms with Crippen molar-refractivity contribution < 1.29 is 30.7 Å². The number of ether oxygens (including phenoxy) is 2. The molecule has 0 aromatic heterocycles. The standard InChI is InChI=1S/C15H20FNO6S2/c1-22-13-7-12(16)15(8-14(13)23-2)25(20,21)17(10-3-4-10)11-5-6-24(18,19)9-11/h7-8,10-11H,3-6,9H2,1-2H3/t11-/m1/s1. The van der Waals surface area contributed by atoms with Gasteiger partial charge in [-0.15, -0.1) is 0 Å². The van der Waals surface area contributed by atoms with E-state index >= 15 is 0 Å². The van der Waals surface area contributed by atoms with Crippen LogP contribution in [0.2, 0.25) is 0 Å². The Kier molecular flexibility index (Phi) is 4.71. The summed E-state index contributed by atoms with van der Waals surface area (Å²) in [4.78, 5) is -0.527. The molecule has 0 N–H and O–H groups in total. The van der Waals surface area contributed by atoms with E-state index in [2.05, 4.69) is 0 Å². The smallest absolute Gasteiger partial charge is 0.246 e. The zero-order valence-electron chi connectivity index (χ0n) is 13.9. The summed E-state index contributed by atoms with van der Waals surface area (Å²) in [5, 5.41) is 0. The van der Waals surface area contributed by atoms with E-state index in [1.807, 2.05) is 0 Å². The van der Waals surface area contributed by atoms with Gasteiger partial charge in [-0.25, -0.2) is 21.2 Å². The van der Waals surface area contributed by atoms with Crippen molar-refractivity contribution in [3.8, 4) is 11.5 Å². The first-order valence-electron chi connectivity index (χ1n) is 7.85. The molecule has 1 aromatic carbocycles. The molecular weight excluding hydrogens is 373 g/mol. The highest BCUT2D eigenvalue weighted by Crippen LogP contribution is 2.39. The van der Waals surface area contributed by atoms with Crippen LogP contribution in [0.15, 0.2) is 17.0 Å². The van der Waals surface area contributed by atoms with Crippen molar-refractivity contribution in [2.75, 3.05) is 25.7 Å². The molecule has 1 aliphatic carbocycles. The molecule has 25 heavy (non-hydrogen) atoms. The fourth-order valence-corrected chi connectivity index (χ4v) is 6.91. The summed E-state index contributed by atoms with van der Waals surface area (Å²) in [7, 11) is -4.82. The predicted octanol–water partition coefficient (Wildman–Crippen LogP) is 1.18. The van der Waals surface area contributed by atoms with Gasteiger partial charge in [0, 0.05) is 24.2 Å². The third kappa shape index (κ3) is 3.47. The van der Waals surface area contributed by atoms with Gasteiger partial charge in [0.1, 0.15) is 10.7 Å². The third-order valence-electron chi connectivity index (χ3n) is 4.47. The first kappa shape index (κ1) is 18.4. The van der Waals surface area contributed by atoms with Gasteiger partial charge in [0.2, 0.25) is 10.0 Å². The molecule has 2 fully saturated rings. The average Bonchev–Trinajstić information content (AvgIpc) is 3.30. The van der Waals surface area contributed by atoms with Crippen LogP contribution in [-0.4, -0.2) is 58.9 Å². The summed E-state index contributed by atoms with van der Waals surface area (Å²) in [5.74, 6) is -1.05. The van der Waals surface area contributed by atoms with Crippen molar-refractivity contribution >= 4 is 19.9 Å². The number of benzene rings is 1. The lowest BCUT2D eigenvalue weighted by atomic mass is 10.2. The summed E-state index contributed by atoms with van der Waals surface area (Å²) in [6, 6.07) is 1.11. The lowest BCUT2D eigenvalue weighted by Gasteiger charge is -2.27. The molecule has 1 heterocycles. The molecule has 7 nitrogen and oxygen atoms in total. The van der Waals surface area contributed by atoms with Crippen molar-refractivity contribution in [1.29, 1.82) is 0 Å². The quantitative estimate of drug-likeness (QED) is 0.721. The lowest BCUT2D eigenvalue weighted by molar-refractivity contribution is 0.328. The molecule has 140 valence electrons. The maximum Gasteiger partial charge on any atom is 0.246 e. The van der Waals surface area contributed by atoms with Crippen LogP contribution in [0, 0.1) is 5.82 Å². The van der Waals surface area contributed by atoms with E-state index in [1.54, 1.807) is 0 Å². The molecule has 0 amide bonds. The minimum Gasteiger partial charge on any atom is -0.493 e. The van der Waals surface area contributed by atoms with Gasteiger partial charge in [-0.05, 0) is 19.3 Å². The number of halogens is 1. The van der Waals surface area contributed by atoms with Crippen LogP contribution in [0.3, 0.4) is 0 Å². The number of methoxy groups -OCH3 is 2. The van der Waals surface area contributed by atoms with Gasteiger partial charge in [-0.3, -0.25) is 0 Å². The van der Waals surface area contributed by atoms with Crippen LogP contribution in [0.4, 0.5) is 4.39 Å². The molecular formula is C15H20FNO6S2. The zero-order valence-corrected chi connectivity index (χ0v) is 15.6. The molecule has 1 saturated heterocycles.